The van der Waals surface area contributed by atoms with E-state index in [0.717, 1.165) is 18.7 Å². The van der Waals surface area contributed by atoms with Crippen LogP contribution in [-0.2, 0) is 9.47 Å². The summed E-state index contributed by atoms with van der Waals surface area (Å²) in [4.78, 5) is 0. The zero-order chi connectivity index (χ0) is 17.0. The van der Waals surface area contributed by atoms with Crippen molar-refractivity contribution >= 4 is 11.6 Å². The second-order valence-corrected chi connectivity index (χ2v) is 6.69. The fourth-order valence-electron chi connectivity index (χ4n) is 2.79. The van der Waals surface area contributed by atoms with Gasteiger partial charge in [-0.3, -0.25) is 0 Å². The molecule has 2 nitrogen and oxygen atoms in total. The standard InChI is InChI=1S/C20H39ClO2/c1-22-20(23-2)18-16-14-12-10-8-6-4-3-5-7-9-11-13-15-17-19-21/h13,15,20H,3-12,14,16-19H2,1-2H3/b15-13-. The van der Waals surface area contributed by atoms with Crippen LogP contribution in [0.5, 0.6) is 0 Å². The summed E-state index contributed by atoms with van der Waals surface area (Å²) in [5.41, 5.74) is 0. The third kappa shape index (κ3) is 18.1. The van der Waals surface area contributed by atoms with Crippen molar-refractivity contribution in [3.63, 3.8) is 0 Å². The minimum atomic E-state index is -0.00850. The molecule has 0 aliphatic heterocycles. The molecule has 0 spiro atoms. The number of hydrogen-bond acceptors (Lipinski definition) is 2. The first-order valence-electron chi connectivity index (χ1n) is 9.61. The molecule has 0 radical (unpaired) electrons. The predicted octanol–water partition coefficient (Wildman–Crippen LogP) is 6.86. The minimum Gasteiger partial charge on any atom is -0.356 e. The van der Waals surface area contributed by atoms with Crippen LogP contribution < -0.4 is 0 Å². The van der Waals surface area contributed by atoms with Crippen LogP contribution in [0.15, 0.2) is 12.2 Å². The van der Waals surface area contributed by atoms with E-state index in [1.54, 1.807) is 14.2 Å². The Balaban J connectivity index is 3.08. The first-order chi connectivity index (χ1) is 11.3. The van der Waals surface area contributed by atoms with E-state index in [0.29, 0.717) is 0 Å². The van der Waals surface area contributed by atoms with Crippen molar-refractivity contribution in [3.8, 4) is 0 Å². The van der Waals surface area contributed by atoms with E-state index in [1.165, 1.54) is 77.0 Å². The molecule has 0 atom stereocenters. The molecular weight excluding hydrogens is 308 g/mol. The Labute approximate surface area is 150 Å². The summed E-state index contributed by atoms with van der Waals surface area (Å²) in [5.74, 6) is 0.747. The maximum Gasteiger partial charge on any atom is 0.156 e. The van der Waals surface area contributed by atoms with Crippen LogP contribution in [0.1, 0.15) is 89.9 Å². The van der Waals surface area contributed by atoms with E-state index in [2.05, 4.69) is 12.2 Å². The Hall–Kier alpha value is -0.0500. The van der Waals surface area contributed by atoms with Crippen molar-refractivity contribution in [2.45, 2.75) is 96.2 Å². The topological polar surface area (TPSA) is 18.5 Å². The van der Waals surface area contributed by atoms with Crippen molar-refractivity contribution in [1.29, 1.82) is 0 Å². The van der Waals surface area contributed by atoms with Crippen LogP contribution in [0.4, 0.5) is 0 Å². The Kier molecular flexibility index (Phi) is 20.0. The molecule has 0 N–H and O–H groups in total. The summed E-state index contributed by atoms with van der Waals surface area (Å²) < 4.78 is 10.4. The number of alkyl halides is 1. The average Bonchev–Trinajstić information content (AvgIpc) is 2.58. The molecule has 0 unspecified atom stereocenters. The number of unbranched alkanes of at least 4 members (excludes halogenated alkanes) is 11. The zero-order valence-electron chi connectivity index (χ0n) is 15.5. The van der Waals surface area contributed by atoms with Crippen molar-refractivity contribution in [2.24, 2.45) is 0 Å². The number of allylic oxidation sites excluding steroid dienone is 2. The summed E-state index contributed by atoms with van der Waals surface area (Å²) in [6, 6.07) is 0. The molecule has 0 saturated heterocycles. The van der Waals surface area contributed by atoms with Gasteiger partial charge in [0, 0.05) is 20.1 Å². The van der Waals surface area contributed by atoms with Gasteiger partial charge in [-0.2, -0.15) is 0 Å². The highest BCUT2D eigenvalue weighted by Gasteiger charge is 2.03. The van der Waals surface area contributed by atoms with Gasteiger partial charge in [0.05, 0.1) is 0 Å². The zero-order valence-corrected chi connectivity index (χ0v) is 16.3. The fourth-order valence-corrected chi connectivity index (χ4v) is 2.92. The van der Waals surface area contributed by atoms with Gasteiger partial charge in [-0.1, -0.05) is 69.9 Å². The molecule has 0 aromatic carbocycles. The third-order valence-corrected chi connectivity index (χ3v) is 4.50. The van der Waals surface area contributed by atoms with Gasteiger partial charge in [0.15, 0.2) is 6.29 Å². The van der Waals surface area contributed by atoms with Crippen molar-refractivity contribution in [2.75, 3.05) is 20.1 Å². The number of methoxy groups -OCH3 is 2. The summed E-state index contributed by atoms with van der Waals surface area (Å²) in [5, 5.41) is 0. The van der Waals surface area contributed by atoms with Gasteiger partial charge >= 0.3 is 0 Å². The molecule has 0 aromatic heterocycles. The summed E-state index contributed by atoms with van der Waals surface area (Å²) in [6.45, 7) is 0. The third-order valence-electron chi connectivity index (χ3n) is 4.28. The lowest BCUT2D eigenvalue weighted by Gasteiger charge is -2.12. The monoisotopic (exact) mass is 346 g/mol. The van der Waals surface area contributed by atoms with Crippen LogP contribution in [0.3, 0.4) is 0 Å². The fraction of sp³-hybridized carbons (Fsp3) is 0.900. The van der Waals surface area contributed by atoms with E-state index in [4.69, 9.17) is 21.1 Å². The lowest BCUT2D eigenvalue weighted by Crippen LogP contribution is -2.12. The van der Waals surface area contributed by atoms with E-state index in [-0.39, 0.29) is 6.29 Å². The van der Waals surface area contributed by atoms with Crippen LogP contribution in [0.2, 0.25) is 0 Å². The van der Waals surface area contributed by atoms with Crippen LogP contribution >= 0.6 is 11.6 Å². The van der Waals surface area contributed by atoms with Crippen molar-refractivity contribution < 1.29 is 9.47 Å². The molecule has 23 heavy (non-hydrogen) atoms. The highest BCUT2D eigenvalue weighted by Crippen LogP contribution is 2.13. The summed E-state index contributed by atoms with van der Waals surface area (Å²) in [6.07, 6.45) is 22.8. The van der Waals surface area contributed by atoms with E-state index in [1.807, 2.05) is 0 Å². The van der Waals surface area contributed by atoms with Crippen molar-refractivity contribution in [1.82, 2.24) is 0 Å². The van der Waals surface area contributed by atoms with Gasteiger partial charge < -0.3 is 9.47 Å². The maximum atomic E-state index is 5.62. The second-order valence-electron chi connectivity index (χ2n) is 6.32. The van der Waals surface area contributed by atoms with Gasteiger partial charge in [0.2, 0.25) is 0 Å². The predicted molar refractivity (Wildman–Crippen MR) is 102 cm³/mol. The number of hydrogen-bond donors (Lipinski definition) is 0. The molecule has 3 heteroatoms. The normalized spacial score (nSPS) is 11.8. The van der Waals surface area contributed by atoms with Gasteiger partial charge in [-0.25, -0.2) is 0 Å². The molecule has 0 heterocycles. The van der Waals surface area contributed by atoms with E-state index >= 15 is 0 Å². The molecule has 0 aliphatic rings. The van der Waals surface area contributed by atoms with Gasteiger partial charge in [-0.15, -0.1) is 11.6 Å². The van der Waals surface area contributed by atoms with Gasteiger partial charge in [0.25, 0.3) is 0 Å². The molecule has 0 rings (SSSR count). The van der Waals surface area contributed by atoms with Gasteiger partial charge in [0.1, 0.15) is 0 Å². The van der Waals surface area contributed by atoms with Crippen molar-refractivity contribution in [3.05, 3.63) is 12.2 Å². The highest BCUT2D eigenvalue weighted by atomic mass is 35.5. The van der Waals surface area contributed by atoms with Crippen LogP contribution in [0, 0.1) is 0 Å². The first-order valence-corrected chi connectivity index (χ1v) is 10.1. The molecule has 0 bridgehead atoms. The number of rotatable bonds is 18. The van der Waals surface area contributed by atoms with E-state index < -0.39 is 0 Å². The molecule has 0 saturated carbocycles. The molecule has 0 fully saturated rings. The minimum absolute atomic E-state index is 0.00850. The Bertz CT molecular complexity index is 240. The Morgan fingerprint density at radius 1 is 0.652 bits per heavy atom. The highest BCUT2D eigenvalue weighted by molar-refractivity contribution is 6.17. The molecule has 0 aliphatic carbocycles. The van der Waals surface area contributed by atoms with Gasteiger partial charge in [-0.05, 0) is 32.1 Å². The van der Waals surface area contributed by atoms with Crippen LogP contribution in [-0.4, -0.2) is 26.4 Å². The molecule has 0 amide bonds. The Morgan fingerprint density at radius 3 is 1.57 bits per heavy atom. The summed E-state index contributed by atoms with van der Waals surface area (Å²) >= 11 is 5.62. The average molecular weight is 347 g/mol. The van der Waals surface area contributed by atoms with Crippen LogP contribution in [0.25, 0.3) is 0 Å². The number of ether oxygens (including phenoxy) is 2. The first kappa shape index (κ1) is 22.9. The Morgan fingerprint density at radius 2 is 1.09 bits per heavy atom. The quantitative estimate of drug-likeness (QED) is 0.117. The largest absolute Gasteiger partial charge is 0.356 e. The molecule has 138 valence electrons. The maximum absolute atomic E-state index is 5.62. The lowest BCUT2D eigenvalue weighted by molar-refractivity contribution is -0.107. The SMILES string of the molecule is COC(CCCCCCCCCCCCC/C=C\CCCl)OC. The second kappa shape index (κ2) is 20.0. The molecule has 0 aromatic rings. The molecular formula is C20H39ClO2. The van der Waals surface area contributed by atoms with E-state index in [9.17, 15) is 0 Å². The smallest absolute Gasteiger partial charge is 0.156 e. The summed E-state index contributed by atoms with van der Waals surface area (Å²) in [7, 11) is 3.43. The number of halogens is 1. The lowest BCUT2D eigenvalue weighted by atomic mass is 10.0.